The summed E-state index contributed by atoms with van der Waals surface area (Å²) in [5, 5.41) is 28.6. The van der Waals surface area contributed by atoms with Crippen LogP contribution in [0.3, 0.4) is 0 Å². The Kier molecular flexibility index (Phi) is 13.1. The van der Waals surface area contributed by atoms with Crippen LogP contribution in [0.15, 0.2) is 18.2 Å². The average Bonchev–Trinajstić information content (AvgIpc) is 2.67. The summed E-state index contributed by atoms with van der Waals surface area (Å²) in [5.74, 6) is -0.949. The number of aliphatic hydroxyl groups excluding tert-OH is 1. The van der Waals surface area contributed by atoms with Crippen molar-refractivity contribution < 1.29 is 20.1 Å². The van der Waals surface area contributed by atoms with E-state index in [1.807, 2.05) is 12.1 Å². The van der Waals surface area contributed by atoms with E-state index in [1.165, 1.54) is 5.56 Å². The summed E-state index contributed by atoms with van der Waals surface area (Å²) in [6, 6.07) is 5.66. The van der Waals surface area contributed by atoms with Gasteiger partial charge in [0.1, 0.15) is 11.3 Å². The summed E-state index contributed by atoms with van der Waals surface area (Å²) < 4.78 is 0. The molecule has 1 heterocycles. The minimum absolute atomic E-state index is 0. The van der Waals surface area contributed by atoms with Crippen LogP contribution in [-0.2, 0) is 17.8 Å². The van der Waals surface area contributed by atoms with Gasteiger partial charge in [0.15, 0.2) is 0 Å². The molecule has 176 valence electrons. The summed E-state index contributed by atoms with van der Waals surface area (Å²) in [6.07, 6.45) is 3.58. The molecule has 0 spiro atoms. The van der Waals surface area contributed by atoms with Crippen LogP contribution in [0.25, 0.3) is 0 Å². The summed E-state index contributed by atoms with van der Waals surface area (Å²) in [5.41, 5.74) is 7.08. The molecular formula is C22H37BCl2N2O4. The van der Waals surface area contributed by atoms with Gasteiger partial charge in [0, 0.05) is 19.2 Å². The first-order valence-electron chi connectivity index (χ1n) is 10.6. The van der Waals surface area contributed by atoms with E-state index in [0.29, 0.717) is 25.2 Å². The van der Waals surface area contributed by atoms with Crippen molar-refractivity contribution in [3.8, 4) is 5.75 Å². The molecule has 0 aliphatic carbocycles. The number of nitrogens with two attached hydrogens (primary N) is 1. The molecule has 3 unspecified atom stereocenters. The number of rotatable bonds is 11. The third-order valence-corrected chi connectivity index (χ3v) is 6.15. The van der Waals surface area contributed by atoms with E-state index in [-0.39, 0.29) is 49.6 Å². The SMILES string of the molecule is Cl.Cl.[B]C(CCCO)C(N)(CCC1Cc2ccc(O)cc2CN1CCC(C)C)C(=O)O. The Labute approximate surface area is 199 Å². The maximum Gasteiger partial charge on any atom is 0.323 e. The molecule has 31 heavy (non-hydrogen) atoms. The zero-order valence-corrected chi connectivity index (χ0v) is 20.1. The van der Waals surface area contributed by atoms with Crippen molar-refractivity contribution in [3.63, 3.8) is 0 Å². The van der Waals surface area contributed by atoms with Crippen LogP contribution in [0.4, 0.5) is 0 Å². The standard InChI is InChI=1S/C22H35BN2O4.2ClH/c1-15(2)8-10-25-14-17-13-19(27)6-5-16(17)12-18(25)7-9-22(24,21(28)29)20(23)4-3-11-26;;/h5-6,13,15,18,20,26-27H,3-4,7-12,14,24H2,1-2H3,(H,28,29);2*1H. The third kappa shape index (κ3) is 8.14. The molecule has 0 bridgehead atoms. The van der Waals surface area contributed by atoms with Gasteiger partial charge in [0.2, 0.25) is 0 Å². The maximum absolute atomic E-state index is 11.9. The number of phenols is 1. The number of carbonyl (C=O) groups is 1. The molecule has 3 atom stereocenters. The summed E-state index contributed by atoms with van der Waals surface area (Å²) in [6.45, 7) is 6.00. The third-order valence-electron chi connectivity index (χ3n) is 6.15. The number of hydrogen-bond acceptors (Lipinski definition) is 5. The van der Waals surface area contributed by atoms with Crippen molar-refractivity contribution in [2.45, 2.75) is 76.3 Å². The van der Waals surface area contributed by atoms with Gasteiger partial charge >= 0.3 is 5.97 Å². The fraction of sp³-hybridized carbons (Fsp3) is 0.682. The molecule has 6 nitrogen and oxygen atoms in total. The van der Waals surface area contributed by atoms with Crippen LogP contribution in [0.1, 0.15) is 57.1 Å². The second-order valence-corrected chi connectivity index (χ2v) is 8.82. The van der Waals surface area contributed by atoms with Crippen molar-refractivity contribution in [3.05, 3.63) is 29.3 Å². The number of nitrogens with zero attached hydrogens (tertiary/aromatic N) is 1. The lowest BCUT2D eigenvalue weighted by Crippen LogP contribution is -2.53. The fourth-order valence-electron chi connectivity index (χ4n) is 4.08. The summed E-state index contributed by atoms with van der Waals surface area (Å²) in [4.78, 5) is 14.3. The molecule has 0 amide bonds. The minimum Gasteiger partial charge on any atom is -0.508 e. The molecule has 1 aromatic carbocycles. The van der Waals surface area contributed by atoms with Crippen LogP contribution in [0.5, 0.6) is 5.75 Å². The van der Waals surface area contributed by atoms with E-state index < -0.39 is 17.3 Å². The number of aliphatic hydroxyl groups is 1. The predicted octanol–water partition coefficient (Wildman–Crippen LogP) is 3.30. The number of carboxylic acid groups (broad SMARTS) is 1. The van der Waals surface area contributed by atoms with E-state index in [9.17, 15) is 15.0 Å². The van der Waals surface area contributed by atoms with Crippen molar-refractivity contribution in [1.29, 1.82) is 0 Å². The average molecular weight is 475 g/mol. The van der Waals surface area contributed by atoms with Gasteiger partial charge in [-0.1, -0.05) is 26.3 Å². The van der Waals surface area contributed by atoms with E-state index in [0.717, 1.165) is 31.5 Å². The fourth-order valence-corrected chi connectivity index (χ4v) is 4.08. The van der Waals surface area contributed by atoms with Gasteiger partial charge in [-0.3, -0.25) is 9.69 Å². The molecule has 2 rings (SSSR count). The molecule has 0 saturated heterocycles. The van der Waals surface area contributed by atoms with Gasteiger partial charge in [-0.25, -0.2) is 0 Å². The van der Waals surface area contributed by atoms with Crippen molar-refractivity contribution in [2.24, 2.45) is 11.7 Å². The zero-order chi connectivity index (χ0) is 21.6. The van der Waals surface area contributed by atoms with E-state index in [4.69, 9.17) is 18.7 Å². The number of fused-ring (bicyclic) bond motifs is 1. The number of aliphatic carboxylic acids is 1. The number of phenolic OH excluding ortho intramolecular Hbond substituents is 1. The molecular weight excluding hydrogens is 438 g/mol. The monoisotopic (exact) mass is 474 g/mol. The smallest absolute Gasteiger partial charge is 0.323 e. The lowest BCUT2D eigenvalue weighted by atomic mass is 9.66. The Morgan fingerprint density at radius 3 is 2.55 bits per heavy atom. The van der Waals surface area contributed by atoms with E-state index in [2.05, 4.69) is 18.7 Å². The van der Waals surface area contributed by atoms with Gasteiger partial charge in [-0.15, -0.1) is 24.8 Å². The highest BCUT2D eigenvalue weighted by atomic mass is 35.5. The quantitative estimate of drug-likeness (QED) is 0.366. The zero-order valence-electron chi connectivity index (χ0n) is 18.5. The van der Waals surface area contributed by atoms with Crippen LogP contribution < -0.4 is 5.73 Å². The summed E-state index contributed by atoms with van der Waals surface area (Å²) in [7, 11) is 6.12. The summed E-state index contributed by atoms with van der Waals surface area (Å²) >= 11 is 0. The maximum atomic E-state index is 11.9. The molecule has 9 heteroatoms. The second-order valence-electron chi connectivity index (χ2n) is 8.82. The molecule has 0 saturated carbocycles. The lowest BCUT2D eigenvalue weighted by Gasteiger charge is -2.40. The largest absolute Gasteiger partial charge is 0.508 e. The van der Waals surface area contributed by atoms with Crippen molar-refractivity contribution in [1.82, 2.24) is 4.90 Å². The van der Waals surface area contributed by atoms with Gasteiger partial charge in [0.25, 0.3) is 0 Å². The predicted molar refractivity (Wildman–Crippen MR) is 130 cm³/mol. The molecule has 5 N–H and O–H groups in total. The van der Waals surface area contributed by atoms with E-state index in [1.54, 1.807) is 6.07 Å². The Morgan fingerprint density at radius 2 is 1.97 bits per heavy atom. The van der Waals surface area contributed by atoms with Crippen LogP contribution in [0.2, 0.25) is 5.82 Å². The van der Waals surface area contributed by atoms with Gasteiger partial charge < -0.3 is 21.1 Å². The first-order valence-corrected chi connectivity index (χ1v) is 10.6. The molecule has 1 aliphatic heterocycles. The Balaban J connectivity index is 0.00000450. The highest BCUT2D eigenvalue weighted by molar-refractivity contribution is 6.15. The molecule has 0 aromatic heterocycles. The van der Waals surface area contributed by atoms with Gasteiger partial charge in [0.05, 0.1) is 7.85 Å². The Morgan fingerprint density at radius 1 is 1.29 bits per heavy atom. The van der Waals surface area contributed by atoms with Gasteiger partial charge in [-0.2, -0.15) is 0 Å². The van der Waals surface area contributed by atoms with Crippen molar-refractivity contribution >= 4 is 38.6 Å². The number of aromatic hydroxyl groups is 1. The Bertz CT molecular complexity index is 695. The first-order chi connectivity index (χ1) is 13.7. The van der Waals surface area contributed by atoms with Crippen molar-refractivity contribution in [2.75, 3.05) is 13.2 Å². The van der Waals surface area contributed by atoms with Crippen LogP contribution in [0, 0.1) is 5.92 Å². The lowest BCUT2D eigenvalue weighted by molar-refractivity contribution is -0.144. The number of carboxylic acids is 1. The van der Waals surface area contributed by atoms with Gasteiger partial charge in [-0.05, 0) is 73.6 Å². The second kappa shape index (κ2) is 13.5. The molecule has 2 radical (unpaired) electrons. The highest BCUT2D eigenvalue weighted by Crippen LogP contribution is 2.33. The molecule has 1 aromatic rings. The van der Waals surface area contributed by atoms with E-state index >= 15 is 0 Å². The molecule has 0 fully saturated rings. The minimum atomic E-state index is -1.51. The Hall–Kier alpha value is -0.985. The topological polar surface area (TPSA) is 107 Å². The first kappa shape index (κ1) is 30.0. The number of benzene rings is 1. The number of hydrogen-bond donors (Lipinski definition) is 4. The normalized spacial score (nSPS) is 18.9. The number of halogens is 2. The van der Waals surface area contributed by atoms with Crippen LogP contribution in [-0.4, -0.2) is 58.8 Å². The van der Waals surface area contributed by atoms with Crippen LogP contribution >= 0.6 is 24.8 Å². The molecule has 1 aliphatic rings. The highest BCUT2D eigenvalue weighted by Gasteiger charge is 2.40.